The Kier molecular flexibility index (Phi) is 5.59. The SMILES string of the molecule is COc1cc(N2Sc3cccnc3N(Cc3c(F)cc(F)cc3F)C2=O)cnc1OC. The molecule has 0 bridgehead atoms. The second kappa shape index (κ2) is 8.34. The number of pyridine rings is 2. The van der Waals surface area contributed by atoms with E-state index in [9.17, 15) is 18.0 Å². The minimum atomic E-state index is -1.10. The van der Waals surface area contributed by atoms with Gasteiger partial charge in [0.1, 0.15) is 17.5 Å². The highest BCUT2D eigenvalue weighted by Gasteiger charge is 2.35. The molecule has 0 saturated carbocycles. The molecular formula is C20H15F3N4O3S. The number of benzene rings is 1. The molecule has 0 N–H and O–H groups in total. The van der Waals surface area contributed by atoms with Gasteiger partial charge in [0.05, 0.1) is 37.5 Å². The minimum Gasteiger partial charge on any atom is -0.491 e. The van der Waals surface area contributed by atoms with E-state index in [1.807, 2.05) is 0 Å². The highest BCUT2D eigenvalue weighted by molar-refractivity contribution is 8.01. The number of carbonyl (C=O) groups excluding carboxylic acids is 1. The summed E-state index contributed by atoms with van der Waals surface area (Å²) in [6.45, 7) is -0.488. The van der Waals surface area contributed by atoms with Crippen molar-refractivity contribution < 1.29 is 27.4 Å². The van der Waals surface area contributed by atoms with Crippen molar-refractivity contribution in [2.75, 3.05) is 23.4 Å². The van der Waals surface area contributed by atoms with E-state index in [4.69, 9.17) is 9.47 Å². The lowest BCUT2D eigenvalue weighted by Crippen LogP contribution is -2.43. The van der Waals surface area contributed by atoms with Gasteiger partial charge < -0.3 is 9.47 Å². The van der Waals surface area contributed by atoms with Gasteiger partial charge in [-0.15, -0.1) is 0 Å². The Hall–Kier alpha value is -3.47. The number of aromatic nitrogens is 2. The molecule has 3 aromatic rings. The Morgan fingerprint density at radius 3 is 2.48 bits per heavy atom. The topological polar surface area (TPSA) is 67.8 Å². The Morgan fingerprint density at radius 1 is 1.06 bits per heavy atom. The molecule has 0 unspecified atom stereocenters. The van der Waals surface area contributed by atoms with Gasteiger partial charge in [0.2, 0.25) is 0 Å². The van der Waals surface area contributed by atoms with Crippen LogP contribution in [0.2, 0.25) is 0 Å². The summed E-state index contributed by atoms with van der Waals surface area (Å²) in [5.41, 5.74) is -0.101. The summed E-state index contributed by atoms with van der Waals surface area (Å²) in [7, 11) is 2.86. The number of fused-ring (bicyclic) bond motifs is 1. The van der Waals surface area contributed by atoms with Crippen LogP contribution >= 0.6 is 11.9 Å². The second-order valence-corrected chi connectivity index (χ2v) is 7.32. The average Bonchev–Trinajstić information content (AvgIpc) is 2.76. The van der Waals surface area contributed by atoms with Crippen LogP contribution in [-0.2, 0) is 6.54 Å². The summed E-state index contributed by atoms with van der Waals surface area (Å²) < 4.78 is 53.5. The normalized spacial score (nSPS) is 13.3. The van der Waals surface area contributed by atoms with Crippen molar-refractivity contribution in [3.05, 3.63) is 65.7 Å². The van der Waals surface area contributed by atoms with Gasteiger partial charge in [0.15, 0.2) is 11.6 Å². The first kappa shape index (κ1) is 20.8. The number of halogens is 3. The quantitative estimate of drug-likeness (QED) is 0.533. The molecule has 0 radical (unpaired) electrons. The Morgan fingerprint density at radius 2 is 1.81 bits per heavy atom. The Labute approximate surface area is 179 Å². The number of methoxy groups -OCH3 is 2. The first-order valence-electron chi connectivity index (χ1n) is 8.89. The van der Waals surface area contributed by atoms with Crippen molar-refractivity contribution in [1.82, 2.24) is 9.97 Å². The average molecular weight is 448 g/mol. The molecule has 0 saturated heterocycles. The molecule has 0 aliphatic carbocycles. The maximum absolute atomic E-state index is 14.3. The lowest BCUT2D eigenvalue weighted by molar-refractivity contribution is 0.253. The van der Waals surface area contributed by atoms with Gasteiger partial charge in [0, 0.05) is 41.9 Å². The molecule has 0 spiro atoms. The molecule has 3 heterocycles. The van der Waals surface area contributed by atoms with Crippen molar-refractivity contribution in [2.24, 2.45) is 0 Å². The fourth-order valence-corrected chi connectivity index (χ4v) is 3.98. The highest BCUT2D eigenvalue weighted by atomic mass is 32.2. The molecule has 1 aliphatic rings. The van der Waals surface area contributed by atoms with Gasteiger partial charge in [-0.05, 0) is 12.1 Å². The number of urea groups is 1. The number of ether oxygens (including phenoxy) is 2. The molecule has 0 atom stereocenters. The van der Waals surface area contributed by atoms with E-state index in [2.05, 4.69) is 9.97 Å². The first-order valence-corrected chi connectivity index (χ1v) is 9.66. The largest absolute Gasteiger partial charge is 0.491 e. The van der Waals surface area contributed by atoms with Crippen LogP contribution in [-0.4, -0.2) is 30.2 Å². The smallest absolute Gasteiger partial charge is 0.341 e. The van der Waals surface area contributed by atoms with Gasteiger partial charge in [0.25, 0.3) is 5.88 Å². The fraction of sp³-hybridized carbons (Fsp3) is 0.150. The molecule has 2 aromatic heterocycles. The van der Waals surface area contributed by atoms with E-state index >= 15 is 0 Å². The maximum Gasteiger partial charge on any atom is 0.341 e. The van der Waals surface area contributed by atoms with Gasteiger partial charge in [-0.1, -0.05) is 0 Å². The summed E-state index contributed by atoms with van der Waals surface area (Å²) >= 11 is 1.07. The van der Waals surface area contributed by atoms with Gasteiger partial charge in [-0.3, -0.25) is 4.90 Å². The van der Waals surface area contributed by atoms with Crippen molar-refractivity contribution in [3.63, 3.8) is 0 Å². The van der Waals surface area contributed by atoms with E-state index in [-0.39, 0.29) is 11.7 Å². The lowest BCUT2D eigenvalue weighted by Gasteiger charge is -2.34. The number of hydrogen-bond acceptors (Lipinski definition) is 6. The molecule has 31 heavy (non-hydrogen) atoms. The number of anilines is 2. The van der Waals surface area contributed by atoms with Crippen LogP contribution in [0.1, 0.15) is 5.56 Å². The van der Waals surface area contributed by atoms with Crippen molar-refractivity contribution in [2.45, 2.75) is 11.4 Å². The van der Waals surface area contributed by atoms with E-state index in [1.165, 1.54) is 30.9 Å². The molecule has 0 fully saturated rings. The Bertz CT molecular complexity index is 1140. The maximum atomic E-state index is 14.3. The van der Waals surface area contributed by atoms with Crippen LogP contribution in [0.3, 0.4) is 0 Å². The lowest BCUT2D eigenvalue weighted by atomic mass is 10.1. The summed E-state index contributed by atoms with van der Waals surface area (Å²) in [5.74, 6) is -2.48. The monoisotopic (exact) mass is 448 g/mol. The third-order valence-corrected chi connectivity index (χ3v) is 5.54. The number of amides is 2. The zero-order chi connectivity index (χ0) is 22.1. The second-order valence-electron chi connectivity index (χ2n) is 6.33. The van der Waals surface area contributed by atoms with Crippen molar-refractivity contribution in [3.8, 4) is 11.6 Å². The van der Waals surface area contributed by atoms with Crippen LogP contribution < -0.4 is 18.7 Å². The zero-order valence-electron chi connectivity index (χ0n) is 16.3. The van der Waals surface area contributed by atoms with Gasteiger partial charge >= 0.3 is 6.03 Å². The Balaban J connectivity index is 1.77. The number of carbonyl (C=O) groups is 1. The fourth-order valence-electron chi connectivity index (χ4n) is 3.01. The predicted molar refractivity (Wildman–Crippen MR) is 108 cm³/mol. The van der Waals surface area contributed by atoms with Crippen molar-refractivity contribution >= 4 is 29.5 Å². The summed E-state index contributed by atoms with van der Waals surface area (Å²) in [5, 5.41) is 0. The number of rotatable bonds is 5. The van der Waals surface area contributed by atoms with E-state index in [0.29, 0.717) is 28.5 Å². The molecule has 1 aromatic carbocycles. The third kappa shape index (κ3) is 3.83. The molecule has 11 heteroatoms. The molecule has 1 aliphatic heterocycles. The molecular weight excluding hydrogens is 433 g/mol. The summed E-state index contributed by atoms with van der Waals surface area (Å²) in [6, 6.07) is 5.45. The van der Waals surface area contributed by atoms with Crippen LogP contribution in [0.25, 0.3) is 0 Å². The van der Waals surface area contributed by atoms with Crippen LogP contribution in [0.15, 0.2) is 47.6 Å². The summed E-state index contributed by atoms with van der Waals surface area (Å²) in [6.07, 6.45) is 2.87. The van der Waals surface area contributed by atoms with E-state index < -0.39 is 35.6 Å². The number of hydrogen-bond donors (Lipinski definition) is 0. The van der Waals surface area contributed by atoms with E-state index in [1.54, 1.807) is 18.2 Å². The molecule has 4 rings (SSSR count). The predicted octanol–water partition coefficient (Wildman–Crippen LogP) is 4.57. The minimum absolute atomic E-state index is 0.227. The van der Waals surface area contributed by atoms with Crippen LogP contribution in [0.5, 0.6) is 11.6 Å². The standard InChI is InChI=1S/C20H15F3N4O3S/c1-29-16-8-12(9-25-19(16)30-2)27-20(28)26(18-17(31-27)4-3-5-24-18)10-13-14(22)6-11(21)7-15(13)23/h3-9H,10H2,1-2H3. The van der Waals surface area contributed by atoms with Crippen molar-refractivity contribution in [1.29, 1.82) is 0 Å². The first-order chi connectivity index (χ1) is 14.9. The summed E-state index contributed by atoms with van der Waals surface area (Å²) in [4.78, 5) is 23.3. The molecule has 7 nitrogen and oxygen atoms in total. The number of nitrogens with zero attached hydrogens (tertiary/aromatic N) is 4. The van der Waals surface area contributed by atoms with Crippen LogP contribution in [0, 0.1) is 17.5 Å². The van der Waals surface area contributed by atoms with Gasteiger partial charge in [-0.2, -0.15) is 0 Å². The zero-order valence-corrected chi connectivity index (χ0v) is 17.1. The van der Waals surface area contributed by atoms with Gasteiger partial charge in [-0.25, -0.2) is 32.2 Å². The highest BCUT2D eigenvalue weighted by Crippen LogP contribution is 2.42. The molecule has 2 amide bonds. The van der Waals surface area contributed by atoms with Crippen LogP contribution in [0.4, 0.5) is 29.5 Å². The third-order valence-electron chi connectivity index (χ3n) is 4.47. The molecule has 160 valence electrons. The van der Waals surface area contributed by atoms with E-state index in [0.717, 1.165) is 16.8 Å².